The first-order valence-corrected chi connectivity index (χ1v) is 6.66. The number of sulfonamides is 1. The molecule has 0 aliphatic carbocycles. The first-order chi connectivity index (χ1) is 8.92. The minimum absolute atomic E-state index is 0.0279. The van der Waals surface area contributed by atoms with Gasteiger partial charge in [-0.3, -0.25) is 4.72 Å². The quantitative estimate of drug-likeness (QED) is 0.879. The molecule has 100 valence electrons. The smallest absolute Gasteiger partial charge is 0.335 e. The molecule has 2 aromatic rings. The first-order valence-electron chi connectivity index (χ1n) is 5.18. The van der Waals surface area contributed by atoms with Gasteiger partial charge in [-0.1, -0.05) is 11.2 Å². The van der Waals surface area contributed by atoms with Crippen molar-refractivity contribution in [2.75, 3.05) is 4.72 Å². The normalized spacial score (nSPS) is 11.2. The van der Waals surface area contributed by atoms with Crippen molar-refractivity contribution in [1.29, 1.82) is 0 Å². The Labute approximate surface area is 108 Å². The Hall–Kier alpha value is -2.35. The Morgan fingerprint density at radius 1 is 1.37 bits per heavy atom. The van der Waals surface area contributed by atoms with Gasteiger partial charge in [0.25, 0.3) is 10.0 Å². The van der Waals surface area contributed by atoms with E-state index < -0.39 is 16.0 Å². The van der Waals surface area contributed by atoms with Gasteiger partial charge in [-0.25, -0.2) is 13.2 Å². The molecule has 1 aromatic carbocycles. The lowest BCUT2D eigenvalue weighted by Gasteiger charge is -2.09. The van der Waals surface area contributed by atoms with E-state index in [4.69, 9.17) is 5.11 Å². The van der Waals surface area contributed by atoms with E-state index >= 15 is 0 Å². The van der Waals surface area contributed by atoms with Gasteiger partial charge >= 0.3 is 5.97 Å². The van der Waals surface area contributed by atoms with E-state index in [2.05, 4.69) is 14.4 Å². The zero-order valence-corrected chi connectivity index (χ0v) is 10.6. The molecule has 0 fully saturated rings. The summed E-state index contributed by atoms with van der Waals surface area (Å²) in [5, 5.41) is 12.4. The van der Waals surface area contributed by atoms with Gasteiger partial charge in [0, 0.05) is 6.07 Å². The van der Waals surface area contributed by atoms with Gasteiger partial charge in [0.2, 0.25) is 0 Å². The molecule has 1 heterocycles. The number of carbonyl (C=O) groups is 1. The number of hydrogen-bond acceptors (Lipinski definition) is 5. The summed E-state index contributed by atoms with van der Waals surface area (Å²) in [6.07, 6.45) is 1.22. The third-order valence-corrected chi connectivity index (χ3v) is 3.98. The summed E-state index contributed by atoms with van der Waals surface area (Å²) in [7, 11) is -3.91. The van der Waals surface area contributed by atoms with E-state index in [9.17, 15) is 13.2 Å². The minimum atomic E-state index is -3.91. The number of carboxylic acids is 1. The molecule has 0 aliphatic heterocycles. The number of anilines is 1. The minimum Gasteiger partial charge on any atom is -0.478 e. The molecular formula is C11H10N2O5S. The van der Waals surface area contributed by atoms with Crippen LogP contribution in [0.25, 0.3) is 0 Å². The highest BCUT2D eigenvalue weighted by atomic mass is 32.2. The van der Waals surface area contributed by atoms with Gasteiger partial charge in [-0.15, -0.1) is 0 Å². The monoisotopic (exact) mass is 282 g/mol. The van der Waals surface area contributed by atoms with Crippen LogP contribution in [0.4, 0.5) is 5.82 Å². The van der Waals surface area contributed by atoms with Gasteiger partial charge in [-0.05, 0) is 24.6 Å². The predicted octanol–water partition coefficient (Wildman–Crippen LogP) is 1.48. The molecule has 0 atom stereocenters. The van der Waals surface area contributed by atoms with Gasteiger partial charge in [0.1, 0.15) is 6.26 Å². The molecule has 0 radical (unpaired) electrons. The molecule has 19 heavy (non-hydrogen) atoms. The van der Waals surface area contributed by atoms with Crippen LogP contribution in [0.15, 0.2) is 39.9 Å². The molecular weight excluding hydrogens is 272 g/mol. The van der Waals surface area contributed by atoms with Crippen molar-refractivity contribution in [2.45, 2.75) is 11.8 Å². The Morgan fingerprint density at radius 3 is 2.68 bits per heavy atom. The van der Waals surface area contributed by atoms with Crippen LogP contribution in [0.1, 0.15) is 15.9 Å². The molecule has 0 saturated carbocycles. The third-order valence-electron chi connectivity index (χ3n) is 2.48. The van der Waals surface area contributed by atoms with Crippen LogP contribution in [0.5, 0.6) is 0 Å². The lowest BCUT2D eigenvalue weighted by molar-refractivity contribution is 0.0696. The number of nitrogens with one attached hydrogen (secondary N) is 1. The second-order valence-corrected chi connectivity index (χ2v) is 5.37. The standard InChI is InChI=1S/C11H10N2O5S/c1-7-8(11(14)15)3-2-4-9(7)19(16,17)13-10-5-6-18-12-10/h2-6H,1H3,(H,12,13)(H,14,15). The van der Waals surface area contributed by atoms with E-state index in [1.807, 2.05) is 0 Å². The maximum absolute atomic E-state index is 12.1. The maximum atomic E-state index is 12.1. The Balaban J connectivity index is 2.47. The zero-order chi connectivity index (χ0) is 14.0. The van der Waals surface area contributed by atoms with Crippen molar-refractivity contribution in [3.63, 3.8) is 0 Å². The van der Waals surface area contributed by atoms with Crippen LogP contribution in [-0.2, 0) is 10.0 Å². The number of aromatic carboxylic acids is 1. The number of carboxylic acid groups (broad SMARTS) is 1. The fourth-order valence-corrected chi connectivity index (χ4v) is 2.86. The summed E-state index contributed by atoms with van der Waals surface area (Å²) in [6, 6.07) is 5.37. The van der Waals surface area contributed by atoms with Crippen molar-refractivity contribution >= 4 is 21.8 Å². The summed E-state index contributed by atoms with van der Waals surface area (Å²) in [4.78, 5) is 10.9. The Bertz CT molecular complexity index is 707. The summed E-state index contributed by atoms with van der Waals surface area (Å²) >= 11 is 0. The first kappa shape index (κ1) is 13.1. The molecule has 0 bridgehead atoms. The zero-order valence-electron chi connectivity index (χ0n) is 9.82. The molecule has 7 nitrogen and oxygen atoms in total. The summed E-state index contributed by atoms with van der Waals surface area (Å²) in [6.45, 7) is 1.43. The molecule has 2 rings (SSSR count). The van der Waals surface area contributed by atoms with Crippen LogP contribution in [0.3, 0.4) is 0 Å². The summed E-state index contributed by atoms with van der Waals surface area (Å²) in [5.41, 5.74) is 0.0917. The molecule has 0 aliphatic rings. The predicted molar refractivity (Wildman–Crippen MR) is 65.4 cm³/mol. The molecule has 0 amide bonds. The van der Waals surface area contributed by atoms with Crippen molar-refractivity contribution in [1.82, 2.24) is 5.16 Å². The molecule has 0 spiro atoms. The number of hydrogen-bond donors (Lipinski definition) is 2. The summed E-state index contributed by atoms with van der Waals surface area (Å²) in [5.74, 6) is -1.16. The van der Waals surface area contributed by atoms with Crippen LogP contribution in [0.2, 0.25) is 0 Å². The number of aromatic nitrogens is 1. The molecule has 0 unspecified atom stereocenters. The average molecular weight is 282 g/mol. The highest BCUT2D eigenvalue weighted by Crippen LogP contribution is 2.21. The highest BCUT2D eigenvalue weighted by Gasteiger charge is 2.21. The number of rotatable bonds is 4. The van der Waals surface area contributed by atoms with Gasteiger partial charge in [-0.2, -0.15) is 0 Å². The topological polar surface area (TPSA) is 110 Å². The largest absolute Gasteiger partial charge is 0.478 e. The van der Waals surface area contributed by atoms with E-state index in [0.717, 1.165) is 0 Å². The van der Waals surface area contributed by atoms with Crippen molar-refractivity contribution in [2.24, 2.45) is 0 Å². The molecule has 1 aromatic heterocycles. The van der Waals surface area contributed by atoms with Crippen molar-refractivity contribution in [3.8, 4) is 0 Å². The SMILES string of the molecule is Cc1c(C(=O)O)cccc1S(=O)(=O)Nc1ccon1. The van der Waals surface area contributed by atoms with Crippen molar-refractivity contribution < 1.29 is 22.8 Å². The van der Waals surface area contributed by atoms with E-state index in [0.29, 0.717) is 0 Å². The second kappa shape index (κ2) is 4.73. The van der Waals surface area contributed by atoms with E-state index in [1.165, 1.54) is 37.5 Å². The fourth-order valence-electron chi connectivity index (χ4n) is 1.60. The van der Waals surface area contributed by atoms with E-state index in [-0.39, 0.29) is 21.8 Å². The number of benzene rings is 1. The lowest BCUT2D eigenvalue weighted by atomic mass is 10.1. The Morgan fingerprint density at radius 2 is 2.11 bits per heavy atom. The fraction of sp³-hybridized carbons (Fsp3) is 0.0909. The Kier molecular flexibility index (Phi) is 3.26. The van der Waals surface area contributed by atoms with Crippen LogP contribution in [-0.4, -0.2) is 24.7 Å². The number of nitrogens with zero attached hydrogens (tertiary/aromatic N) is 1. The van der Waals surface area contributed by atoms with Gasteiger partial charge in [0.15, 0.2) is 5.82 Å². The van der Waals surface area contributed by atoms with Crippen LogP contribution < -0.4 is 4.72 Å². The average Bonchev–Trinajstić information content (AvgIpc) is 2.80. The summed E-state index contributed by atoms with van der Waals surface area (Å²) < 4.78 is 30.9. The maximum Gasteiger partial charge on any atom is 0.335 e. The molecule has 2 N–H and O–H groups in total. The van der Waals surface area contributed by atoms with Crippen LogP contribution in [0, 0.1) is 6.92 Å². The second-order valence-electron chi connectivity index (χ2n) is 3.72. The van der Waals surface area contributed by atoms with Crippen LogP contribution >= 0.6 is 0 Å². The lowest BCUT2D eigenvalue weighted by Crippen LogP contribution is -2.16. The van der Waals surface area contributed by atoms with Crippen molar-refractivity contribution in [3.05, 3.63) is 41.7 Å². The molecule has 8 heteroatoms. The van der Waals surface area contributed by atoms with Gasteiger partial charge in [0.05, 0.1) is 10.5 Å². The van der Waals surface area contributed by atoms with E-state index in [1.54, 1.807) is 0 Å². The molecule has 0 saturated heterocycles. The van der Waals surface area contributed by atoms with Gasteiger partial charge < -0.3 is 9.63 Å². The highest BCUT2D eigenvalue weighted by molar-refractivity contribution is 7.92. The third kappa shape index (κ3) is 2.58.